The lowest BCUT2D eigenvalue weighted by Gasteiger charge is -2.15. The number of nitrogens with zero attached hydrogens (tertiary/aromatic N) is 1. The van der Waals surface area contributed by atoms with Crippen molar-refractivity contribution in [2.45, 2.75) is 0 Å². The number of rotatable bonds is 5. The maximum absolute atomic E-state index is 2.46. The van der Waals surface area contributed by atoms with Crippen LogP contribution in [0.3, 0.4) is 0 Å². The third kappa shape index (κ3) is 4.69. The molecule has 0 N–H and O–H groups in total. The van der Waals surface area contributed by atoms with E-state index in [2.05, 4.69) is 193 Å². The molecule has 0 amide bonds. The molecule has 234 valence electrons. The fraction of sp³-hybridized carbons (Fsp3) is 0. The Bertz CT molecular complexity index is 2760. The molecule has 0 aliphatic rings. The van der Waals surface area contributed by atoms with E-state index in [1.807, 2.05) is 11.3 Å². The Morgan fingerprint density at radius 3 is 1.54 bits per heavy atom. The number of aromatic nitrogens is 1. The van der Waals surface area contributed by atoms with Gasteiger partial charge in [0.05, 0.1) is 16.7 Å². The molecule has 8 aromatic carbocycles. The lowest BCUT2D eigenvalue weighted by Crippen LogP contribution is -1.97. The largest absolute Gasteiger partial charge is 0.309 e. The van der Waals surface area contributed by atoms with Gasteiger partial charge in [-0.05, 0) is 87.5 Å². The molecule has 2 heteroatoms. The zero-order valence-corrected chi connectivity index (χ0v) is 28.1. The van der Waals surface area contributed by atoms with Gasteiger partial charge in [-0.25, -0.2) is 0 Å². The molecule has 50 heavy (non-hydrogen) atoms. The highest BCUT2D eigenvalue weighted by molar-refractivity contribution is 7.25. The second-order valence-corrected chi connectivity index (χ2v) is 14.0. The molecular formula is C48H31NS. The third-order valence-corrected chi connectivity index (χ3v) is 11.1. The van der Waals surface area contributed by atoms with Crippen LogP contribution < -0.4 is 0 Å². The average molecular weight is 654 g/mol. The van der Waals surface area contributed by atoms with Crippen molar-refractivity contribution in [1.82, 2.24) is 4.57 Å². The van der Waals surface area contributed by atoms with E-state index in [0.717, 1.165) is 0 Å². The summed E-state index contributed by atoms with van der Waals surface area (Å²) in [7, 11) is 0. The van der Waals surface area contributed by atoms with Crippen molar-refractivity contribution >= 4 is 53.3 Å². The lowest BCUT2D eigenvalue weighted by molar-refractivity contribution is 1.18. The molecule has 0 fully saturated rings. The zero-order chi connectivity index (χ0) is 33.0. The van der Waals surface area contributed by atoms with Gasteiger partial charge in [-0.2, -0.15) is 0 Å². The van der Waals surface area contributed by atoms with E-state index in [-0.39, 0.29) is 0 Å². The highest BCUT2D eigenvalue weighted by Gasteiger charge is 2.18. The van der Waals surface area contributed by atoms with Crippen LogP contribution in [0, 0.1) is 0 Å². The highest BCUT2D eigenvalue weighted by Crippen LogP contribution is 2.43. The molecule has 0 atom stereocenters. The predicted molar refractivity (Wildman–Crippen MR) is 215 cm³/mol. The number of hydrogen-bond donors (Lipinski definition) is 0. The average Bonchev–Trinajstić information content (AvgIpc) is 3.74. The van der Waals surface area contributed by atoms with Crippen molar-refractivity contribution in [3.63, 3.8) is 0 Å². The number of fused-ring (bicyclic) bond motifs is 6. The van der Waals surface area contributed by atoms with Gasteiger partial charge in [-0.1, -0.05) is 140 Å². The second kappa shape index (κ2) is 11.7. The number of benzene rings is 8. The fourth-order valence-corrected chi connectivity index (χ4v) is 8.82. The van der Waals surface area contributed by atoms with Crippen molar-refractivity contribution in [3.8, 4) is 50.2 Å². The molecular weight excluding hydrogens is 623 g/mol. The quantitative estimate of drug-likeness (QED) is 0.174. The zero-order valence-electron chi connectivity index (χ0n) is 27.3. The Hall–Kier alpha value is -6.22. The summed E-state index contributed by atoms with van der Waals surface area (Å²) in [6.07, 6.45) is 0. The van der Waals surface area contributed by atoms with E-state index in [1.165, 1.54) is 92.2 Å². The van der Waals surface area contributed by atoms with Crippen LogP contribution >= 0.6 is 11.3 Å². The summed E-state index contributed by atoms with van der Waals surface area (Å²) in [5, 5.41) is 5.16. The Morgan fingerprint density at radius 2 is 0.840 bits per heavy atom. The van der Waals surface area contributed by atoms with Crippen LogP contribution in [-0.2, 0) is 0 Å². The lowest BCUT2D eigenvalue weighted by atomic mass is 9.95. The Morgan fingerprint density at radius 1 is 0.320 bits per heavy atom. The fourth-order valence-electron chi connectivity index (χ4n) is 7.69. The number of hydrogen-bond acceptors (Lipinski definition) is 1. The molecule has 0 aliphatic carbocycles. The van der Waals surface area contributed by atoms with Gasteiger partial charge in [0.15, 0.2) is 0 Å². The van der Waals surface area contributed by atoms with E-state index in [4.69, 9.17) is 0 Å². The van der Waals surface area contributed by atoms with Crippen molar-refractivity contribution < 1.29 is 0 Å². The normalized spacial score (nSPS) is 11.6. The summed E-state index contributed by atoms with van der Waals surface area (Å²) < 4.78 is 5.11. The Balaban J connectivity index is 1.19. The van der Waals surface area contributed by atoms with Crippen LogP contribution in [-0.4, -0.2) is 4.57 Å². The Labute approximate surface area is 295 Å². The van der Waals surface area contributed by atoms with Crippen LogP contribution in [0.25, 0.3) is 92.2 Å². The van der Waals surface area contributed by atoms with Gasteiger partial charge < -0.3 is 4.57 Å². The molecule has 10 rings (SSSR count). The standard InChI is InChI=1S/C48H31NS/c1-3-13-32(14-4-1)34-25-27-44-41(30-34)42-31-35(33-15-5-2-6-16-33)26-28-45(42)49(44)43-22-9-7-19-38(43)36-17-11-18-37(29-36)39-21-12-24-47-48(39)40-20-8-10-23-46(40)50-47/h1-31H. The minimum Gasteiger partial charge on any atom is -0.309 e. The predicted octanol–water partition coefficient (Wildman–Crippen LogP) is 13.8. The maximum atomic E-state index is 2.46. The van der Waals surface area contributed by atoms with Gasteiger partial charge in [-0.15, -0.1) is 11.3 Å². The summed E-state index contributed by atoms with van der Waals surface area (Å²) in [6, 6.07) is 68.7. The van der Waals surface area contributed by atoms with E-state index in [9.17, 15) is 0 Å². The molecule has 0 saturated heterocycles. The molecule has 0 saturated carbocycles. The van der Waals surface area contributed by atoms with E-state index < -0.39 is 0 Å². The maximum Gasteiger partial charge on any atom is 0.0541 e. The molecule has 0 aliphatic heterocycles. The minimum atomic E-state index is 1.17. The van der Waals surface area contributed by atoms with Gasteiger partial charge in [0, 0.05) is 36.5 Å². The minimum absolute atomic E-state index is 1.17. The first-order valence-corrected chi connectivity index (χ1v) is 17.9. The van der Waals surface area contributed by atoms with Crippen LogP contribution in [0.15, 0.2) is 188 Å². The molecule has 10 aromatic rings. The van der Waals surface area contributed by atoms with Gasteiger partial charge in [-0.3, -0.25) is 0 Å². The van der Waals surface area contributed by atoms with E-state index >= 15 is 0 Å². The van der Waals surface area contributed by atoms with Crippen LogP contribution in [0.1, 0.15) is 0 Å². The second-order valence-electron chi connectivity index (χ2n) is 12.9. The van der Waals surface area contributed by atoms with E-state index in [1.54, 1.807) is 0 Å². The number of thiophene rings is 1. The molecule has 0 spiro atoms. The summed E-state index contributed by atoms with van der Waals surface area (Å²) in [4.78, 5) is 0. The molecule has 2 aromatic heterocycles. The summed E-state index contributed by atoms with van der Waals surface area (Å²) in [5.74, 6) is 0. The van der Waals surface area contributed by atoms with Crippen LogP contribution in [0.2, 0.25) is 0 Å². The Kier molecular flexibility index (Phi) is 6.75. The molecule has 2 heterocycles. The number of para-hydroxylation sites is 1. The van der Waals surface area contributed by atoms with Crippen molar-refractivity contribution in [1.29, 1.82) is 0 Å². The molecule has 0 bridgehead atoms. The summed E-state index contributed by atoms with van der Waals surface area (Å²) in [5.41, 5.74) is 13.4. The molecule has 1 nitrogen and oxygen atoms in total. The summed E-state index contributed by atoms with van der Waals surface area (Å²) in [6.45, 7) is 0. The molecule has 0 unspecified atom stereocenters. The molecule has 0 radical (unpaired) electrons. The van der Waals surface area contributed by atoms with Gasteiger partial charge in [0.1, 0.15) is 0 Å². The summed E-state index contributed by atoms with van der Waals surface area (Å²) >= 11 is 1.87. The van der Waals surface area contributed by atoms with Crippen LogP contribution in [0.5, 0.6) is 0 Å². The SMILES string of the molecule is c1ccc(-c2ccc3c(c2)c2cc(-c4ccccc4)ccc2n3-c2ccccc2-c2cccc(-c3cccc4sc5ccccc5c34)c2)cc1. The first-order chi connectivity index (χ1) is 24.8. The van der Waals surface area contributed by atoms with Gasteiger partial charge in [0.25, 0.3) is 0 Å². The monoisotopic (exact) mass is 653 g/mol. The van der Waals surface area contributed by atoms with Crippen molar-refractivity contribution in [2.75, 3.05) is 0 Å². The first kappa shape index (κ1) is 28.8. The van der Waals surface area contributed by atoms with E-state index in [0.29, 0.717) is 0 Å². The van der Waals surface area contributed by atoms with Crippen molar-refractivity contribution in [3.05, 3.63) is 188 Å². The van der Waals surface area contributed by atoms with Crippen LogP contribution in [0.4, 0.5) is 0 Å². The topological polar surface area (TPSA) is 4.93 Å². The highest BCUT2D eigenvalue weighted by atomic mass is 32.1. The van der Waals surface area contributed by atoms with Gasteiger partial charge in [0.2, 0.25) is 0 Å². The first-order valence-electron chi connectivity index (χ1n) is 17.1. The third-order valence-electron chi connectivity index (χ3n) is 10.0. The van der Waals surface area contributed by atoms with Gasteiger partial charge >= 0.3 is 0 Å². The van der Waals surface area contributed by atoms with Crippen molar-refractivity contribution in [2.24, 2.45) is 0 Å². The smallest absolute Gasteiger partial charge is 0.0541 e.